The van der Waals surface area contributed by atoms with Crippen LogP contribution in [-0.2, 0) is 11.3 Å². The van der Waals surface area contributed by atoms with Crippen molar-refractivity contribution >= 4 is 11.6 Å². The average molecular weight is 544 g/mol. The number of benzene rings is 1. The van der Waals surface area contributed by atoms with Crippen molar-refractivity contribution in [3.63, 3.8) is 0 Å². The highest BCUT2D eigenvalue weighted by Gasteiger charge is 2.35. The zero-order valence-corrected chi connectivity index (χ0v) is 24.5. The van der Waals surface area contributed by atoms with Gasteiger partial charge in [-0.1, -0.05) is 84.0 Å². The highest BCUT2D eigenvalue weighted by atomic mass is 16.5. The first-order valence-corrected chi connectivity index (χ1v) is 15.0. The van der Waals surface area contributed by atoms with Crippen LogP contribution in [0.5, 0.6) is 17.2 Å². The molecule has 1 aromatic carbocycles. The van der Waals surface area contributed by atoms with Gasteiger partial charge >= 0.3 is 0 Å². The van der Waals surface area contributed by atoms with Crippen LogP contribution in [0.1, 0.15) is 115 Å². The Kier molecular flexibility index (Phi) is 13.4. The summed E-state index contributed by atoms with van der Waals surface area (Å²) in [5.41, 5.74) is 0.476. The number of unbranched alkanes of at least 4 members (excludes halogenated alkanes) is 9. The Balaban J connectivity index is 1.62. The van der Waals surface area contributed by atoms with Crippen molar-refractivity contribution in [1.29, 1.82) is 0 Å². The van der Waals surface area contributed by atoms with Crippen molar-refractivity contribution in [3.8, 4) is 17.2 Å². The Labute approximate surface area is 234 Å². The van der Waals surface area contributed by atoms with Gasteiger partial charge in [-0.3, -0.25) is 4.79 Å². The van der Waals surface area contributed by atoms with Crippen molar-refractivity contribution in [2.45, 2.75) is 116 Å². The van der Waals surface area contributed by atoms with Gasteiger partial charge in [-0.05, 0) is 30.4 Å². The molecular formula is C30H49N5O4. The van der Waals surface area contributed by atoms with E-state index in [1.807, 2.05) is 0 Å². The van der Waals surface area contributed by atoms with Crippen molar-refractivity contribution in [3.05, 3.63) is 18.0 Å². The molecule has 3 rings (SSSR count). The van der Waals surface area contributed by atoms with Gasteiger partial charge in [0.15, 0.2) is 5.82 Å². The number of nitrogens with zero attached hydrogens (tertiary/aromatic N) is 4. The highest BCUT2D eigenvalue weighted by molar-refractivity contribution is 5.98. The predicted molar refractivity (Wildman–Crippen MR) is 154 cm³/mol. The van der Waals surface area contributed by atoms with Crippen molar-refractivity contribution in [2.24, 2.45) is 5.92 Å². The van der Waals surface area contributed by atoms with E-state index >= 15 is 0 Å². The molecule has 9 heteroatoms. The Morgan fingerprint density at radius 1 is 0.897 bits per heavy atom. The molecule has 0 spiro atoms. The lowest BCUT2D eigenvalue weighted by Gasteiger charge is -2.28. The van der Waals surface area contributed by atoms with Crippen LogP contribution < -0.4 is 19.5 Å². The Hall–Kier alpha value is -2.84. The van der Waals surface area contributed by atoms with Crippen molar-refractivity contribution in [2.75, 3.05) is 26.6 Å². The number of aryl methyl sites for hydroxylation is 1. The van der Waals surface area contributed by atoms with E-state index in [0.29, 0.717) is 28.8 Å². The zero-order valence-electron chi connectivity index (χ0n) is 24.5. The summed E-state index contributed by atoms with van der Waals surface area (Å²) in [5.74, 6) is 1.55. The standard InChI is InChI=1S/C30H49N5O4/c1-5-6-7-8-9-10-11-12-13-17-20-35-33-29(32-34-35)27(23-18-15-14-16-19-23)30(36)31-28-25(38-3)21-24(37-2)22-26(28)39-4/h21-23,27H,5-20H2,1-4H3,(H,31,36)/t27-/m0/s1. The number of ether oxygens (including phenoxy) is 3. The molecule has 0 bridgehead atoms. The van der Waals surface area contributed by atoms with E-state index in [-0.39, 0.29) is 11.8 Å². The summed E-state index contributed by atoms with van der Waals surface area (Å²) in [4.78, 5) is 15.4. The van der Waals surface area contributed by atoms with E-state index in [0.717, 1.165) is 45.1 Å². The molecule has 1 heterocycles. The molecule has 1 atom stereocenters. The molecule has 1 aliphatic rings. The van der Waals surface area contributed by atoms with Crippen LogP contribution in [0.15, 0.2) is 12.1 Å². The van der Waals surface area contributed by atoms with E-state index < -0.39 is 5.92 Å². The summed E-state index contributed by atoms with van der Waals surface area (Å²) in [5, 5.41) is 16.4. The van der Waals surface area contributed by atoms with Gasteiger partial charge in [-0.2, -0.15) is 4.80 Å². The molecule has 1 fully saturated rings. The van der Waals surface area contributed by atoms with Crippen molar-refractivity contribution in [1.82, 2.24) is 20.2 Å². The van der Waals surface area contributed by atoms with Gasteiger partial charge in [0.2, 0.25) is 5.91 Å². The molecule has 218 valence electrons. The molecule has 0 radical (unpaired) electrons. The predicted octanol–water partition coefficient (Wildman–Crippen LogP) is 6.92. The Bertz CT molecular complexity index is 964. The first kappa shape index (κ1) is 30.7. The second kappa shape index (κ2) is 17.0. The van der Waals surface area contributed by atoms with E-state index in [9.17, 15) is 4.79 Å². The first-order chi connectivity index (χ1) is 19.1. The maximum atomic E-state index is 13.8. The number of rotatable bonds is 18. The number of methoxy groups -OCH3 is 3. The van der Waals surface area contributed by atoms with E-state index in [1.54, 1.807) is 38.3 Å². The van der Waals surface area contributed by atoms with Gasteiger partial charge in [-0.15, -0.1) is 10.2 Å². The summed E-state index contributed by atoms with van der Waals surface area (Å²) in [6.07, 6.45) is 18.2. The number of tetrazole rings is 1. The number of anilines is 1. The van der Waals surface area contributed by atoms with Crippen LogP contribution in [0.3, 0.4) is 0 Å². The molecular weight excluding hydrogens is 494 g/mol. The normalized spacial score (nSPS) is 14.7. The van der Waals surface area contributed by atoms with E-state index in [1.165, 1.54) is 57.8 Å². The number of nitrogens with one attached hydrogen (secondary N) is 1. The number of hydrogen-bond acceptors (Lipinski definition) is 7. The maximum absolute atomic E-state index is 13.8. The van der Waals surface area contributed by atoms with E-state index in [2.05, 4.69) is 27.7 Å². The quantitative estimate of drug-likeness (QED) is 0.204. The van der Waals surface area contributed by atoms with Gasteiger partial charge in [0, 0.05) is 12.1 Å². The molecule has 1 aromatic heterocycles. The highest BCUT2D eigenvalue weighted by Crippen LogP contribution is 2.41. The number of aromatic nitrogens is 4. The molecule has 0 aliphatic heterocycles. The van der Waals surface area contributed by atoms with Gasteiger partial charge < -0.3 is 19.5 Å². The minimum atomic E-state index is -0.483. The lowest BCUT2D eigenvalue weighted by molar-refractivity contribution is -0.119. The molecule has 39 heavy (non-hydrogen) atoms. The third kappa shape index (κ3) is 9.39. The van der Waals surface area contributed by atoms with Crippen LogP contribution >= 0.6 is 0 Å². The molecule has 1 saturated carbocycles. The number of hydrogen-bond donors (Lipinski definition) is 1. The van der Waals surface area contributed by atoms with Crippen LogP contribution in [0.25, 0.3) is 0 Å². The summed E-state index contributed by atoms with van der Waals surface area (Å²) >= 11 is 0. The van der Waals surface area contributed by atoms with Crippen LogP contribution in [0.4, 0.5) is 5.69 Å². The minimum absolute atomic E-state index is 0.165. The topological polar surface area (TPSA) is 100 Å². The minimum Gasteiger partial charge on any atom is -0.496 e. The lowest BCUT2D eigenvalue weighted by Crippen LogP contribution is -2.30. The fourth-order valence-electron chi connectivity index (χ4n) is 5.55. The van der Waals surface area contributed by atoms with Crippen LogP contribution in [-0.4, -0.2) is 47.4 Å². The lowest BCUT2D eigenvalue weighted by atomic mass is 9.79. The number of carbonyl (C=O) groups excluding carboxylic acids is 1. The third-order valence-corrected chi connectivity index (χ3v) is 7.83. The average Bonchev–Trinajstić information content (AvgIpc) is 3.42. The fourth-order valence-corrected chi connectivity index (χ4v) is 5.55. The molecule has 1 aliphatic carbocycles. The van der Waals surface area contributed by atoms with Gasteiger partial charge in [0.1, 0.15) is 28.9 Å². The third-order valence-electron chi connectivity index (χ3n) is 7.83. The second-order valence-electron chi connectivity index (χ2n) is 10.7. The summed E-state index contributed by atoms with van der Waals surface area (Å²) in [6, 6.07) is 3.46. The van der Waals surface area contributed by atoms with E-state index in [4.69, 9.17) is 14.2 Å². The molecule has 1 amide bonds. The monoisotopic (exact) mass is 543 g/mol. The van der Waals surface area contributed by atoms with Crippen LogP contribution in [0, 0.1) is 5.92 Å². The maximum Gasteiger partial charge on any atom is 0.235 e. The Morgan fingerprint density at radius 2 is 1.49 bits per heavy atom. The smallest absolute Gasteiger partial charge is 0.235 e. The number of carbonyl (C=O) groups is 1. The van der Waals surface area contributed by atoms with Crippen molar-refractivity contribution < 1.29 is 19.0 Å². The molecule has 0 saturated heterocycles. The molecule has 2 aromatic rings. The van der Waals surface area contributed by atoms with Crippen LogP contribution in [0.2, 0.25) is 0 Å². The summed E-state index contributed by atoms with van der Waals surface area (Å²) in [6.45, 7) is 2.98. The fraction of sp³-hybridized carbons (Fsp3) is 0.733. The Morgan fingerprint density at radius 3 is 2.05 bits per heavy atom. The molecule has 9 nitrogen and oxygen atoms in total. The number of amides is 1. The second-order valence-corrected chi connectivity index (χ2v) is 10.7. The summed E-state index contributed by atoms with van der Waals surface area (Å²) in [7, 11) is 4.70. The largest absolute Gasteiger partial charge is 0.496 e. The SMILES string of the molecule is CCCCCCCCCCCCn1nnc([C@@H](C(=O)Nc2c(OC)cc(OC)cc2OC)C2CCCCC2)n1. The van der Waals surface area contributed by atoms with Gasteiger partial charge in [-0.25, -0.2) is 0 Å². The molecule has 1 N–H and O–H groups in total. The first-order valence-electron chi connectivity index (χ1n) is 15.0. The zero-order chi connectivity index (χ0) is 27.9. The van der Waals surface area contributed by atoms with Gasteiger partial charge in [0.25, 0.3) is 0 Å². The molecule has 0 unspecified atom stereocenters. The van der Waals surface area contributed by atoms with Gasteiger partial charge in [0.05, 0.1) is 27.9 Å². The summed E-state index contributed by atoms with van der Waals surface area (Å²) < 4.78 is 16.4.